The Hall–Kier alpha value is -0.580. The molecule has 1 aromatic carbocycles. The van der Waals surface area contributed by atoms with Crippen LogP contribution in [0.15, 0.2) is 23.1 Å². The normalized spacial score (nSPS) is 12.1. The maximum atomic E-state index is 12.2. The van der Waals surface area contributed by atoms with Crippen LogP contribution in [-0.4, -0.2) is 32.2 Å². The lowest BCUT2D eigenvalue weighted by atomic mass is 10.2. The summed E-state index contributed by atoms with van der Waals surface area (Å²) in [5, 5.41) is 0. The summed E-state index contributed by atoms with van der Waals surface area (Å²) >= 11 is 5.55. The molecule has 0 heterocycles. The van der Waals surface area contributed by atoms with Crippen molar-refractivity contribution in [3.05, 3.63) is 29.3 Å². The molecular weight excluding hydrogens is 246 g/mol. The average Bonchev–Trinajstić information content (AvgIpc) is 2.22. The summed E-state index contributed by atoms with van der Waals surface area (Å²) in [6.45, 7) is 3.98. The number of nitrogens with zero attached hydrogens (tertiary/aromatic N) is 1. The first kappa shape index (κ1) is 13.5. The van der Waals surface area contributed by atoms with E-state index < -0.39 is 10.0 Å². The van der Waals surface area contributed by atoms with E-state index in [4.69, 9.17) is 11.6 Å². The van der Waals surface area contributed by atoms with Crippen molar-refractivity contribution in [3.8, 4) is 0 Å². The molecule has 0 spiro atoms. The Labute approximate surface area is 102 Å². The van der Waals surface area contributed by atoms with Crippen molar-refractivity contribution in [2.75, 3.05) is 19.5 Å². The van der Waals surface area contributed by atoms with Crippen LogP contribution in [0.25, 0.3) is 0 Å². The molecule has 0 bridgehead atoms. The maximum Gasteiger partial charge on any atom is 0.243 e. The van der Waals surface area contributed by atoms with Gasteiger partial charge in [0.25, 0.3) is 0 Å². The number of alkyl halides is 1. The molecule has 0 N–H and O–H groups in total. The van der Waals surface area contributed by atoms with Gasteiger partial charge < -0.3 is 0 Å². The first-order valence-corrected chi connectivity index (χ1v) is 6.96. The highest BCUT2D eigenvalue weighted by molar-refractivity contribution is 7.89. The molecule has 0 saturated carbocycles. The van der Waals surface area contributed by atoms with Gasteiger partial charge in [0, 0.05) is 19.5 Å². The van der Waals surface area contributed by atoms with Crippen molar-refractivity contribution >= 4 is 21.6 Å². The molecule has 5 heteroatoms. The molecule has 0 fully saturated rings. The predicted octanol–water partition coefficient (Wildman–Crippen LogP) is 2.16. The van der Waals surface area contributed by atoms with Gasteiger partial charge in [-0.25, -0.2) is 8.42 Å². The molecule has 1 rings (SSSR count). The van der Waals surface area contributed by atoms with E-state index in [1.54, 1.807) is 20.0 Å². The topological polar surface area (TPSA) is 37.4 Å². The number of hydrogen-bond acceptors (Lipinski definition) is 2. The summed E-state index contributed by atoms with van der Waals surface area (Å²) in [4.78, 5) is 0.361. The molecule has 0 aliphatic heterocycles. The monoisotopic (exact) mass is 261 g/mol. The fourth-order valence-electron chi connectivity index (χ4n) is 1.39. The maximum absolute atomic E-state index is 12.2. The smallest absolute Gasteiger partial charge is 0.207 e. The van der Waals surface area contributed by atoms with E-state index in [2.05, 4.69) is 0 Å². The van der Waals surface area contributed by atoms with Gasteiger partial charge >= 0.3 is 0 Å². The Morgan fingerprint density at radius 1 is 1.31 bits per heavy atom. The van der Waals surface area contributed by atoms with E-state index in [0.717, 1.165) is 11.1 Å². The van der Waals surface area contributed by atoms with Crippen LogP contribution in [0.3, 0.4) is 0 Å². The number of halogens is 1. The van der Waals surface area contributed by atoms with Crippen LogP contribution in [0.1, 0.15) is 11.1 Å². The molecule has 16 heavy (non-hydrogen) atoms. The van der Waals surface area contributed by atoms with E-state index in [-0.39, 0.29) is 0 Å². The highest BCUT2D eigenvalue weighted by Crippen LogP contribution is 2.20. The Kier molecular flexibility index (Phi) is 4.35. The van der Waals surface area contributed by atoms with Gasteiger partial charge in [-0.3, -0.25) is 0 Å². The molecule has 0 radical (unpaired) electrons. The van der Waals surface area contributed by atoms with Crippen LogP contribution in [0.5, 0.6) is 0 Å². The van der Waals surface area contributed by atoms with Crippen LogP contribution in [-0.2, 0) is 10.0 Å². The fourth-order valence-corrected chi connectivity index (χ4v) is 3.22. The number of aryl methyl sites for hydroxylation is 2. The first-order chi connectivity index (χ1) is 7.39. The molecule has 0 unspecified atom stereocenters. The number of benzene rings is 1. The summed E-state index contributed by atoms with van der Waals surface area (Å²) in [6, 6.07) is 5.40. The lowest BCUT2D eigenvalue weighted by Gasteiger charge is -2.17. The van der Waals surface area contributed by atoms with Crippen molar-refractivity contribution in [2.45, 2.75) is 18.7 Å². The predicted molar refractivity (Wildman–Crippen MR) is 66.5 cm³/mol. The highest BCUT2D eigenvalue weighted by Gasteiger charge is 2.22. The lowest BCUT2D eigenvalue weighted by Crippen LogP contribution is -2.29. The molecule has 0 atom stereocenters. The van der Waals surface area contributed by atoms with Gasteiger partial charge in [-0.2, -0.15) is 4.31 Å². The van der Waals surface area contributed by atoms with E-state index in [9.17, 15) is 8.42 Å². The molecule has 1 aromatic rings. The molecule has 3 nitrogen and oxygen atoms in total. The minimum absolute atomic E-state index is 0.292. The van der Waals surface area contributed by atoms with Gasteiger partial charge in [-0.05, 0) is 31.0 Å². The van der Waals surface area contributed by atoms with Gasteiger partial charge in [-0.15, -0.1) is 11.6 Å². The van der Waals surface area contributed by atoms with E-state index in [0.29, 0.717) is 17.3 Å². The zero-order valence-electron chi connectivity index (χ0n) is 9.70. The summed E-state index contributed by atoms with van der Waals surface area (Å²) in [6.07, 6.45) is 0. The summed E-state index contributed by atoms with van der Waals surface area (Å²) in [7, 11) is -1.86. The van der Waals surface area contributed by atoms with E-state index in [1.165, 1.54) is 4.31 Å². The van der Waals surface area contributed by atoms with Crippen molar-refractivity contribution in [1.29, 1.82) is 0 Å². The third-order valence-electron chi connectivity index (χ3n) is 2.43. The Bertz CT molecular complexity index is 471. The van der Waals surface area contributed by atoms with Gasteiger partial charge in [0.15, 0.2) is 0 Å². The van der Waals surface area contributed by atoms with Gasteiger partial charge in [0.1, 0.15) is 0 Å². The lowest BCUT2D eigenvalue weighted by molar-refractivity contribution is 0.487. The zero-order chi connectivity index (χ0) is 12.3. The van der Waals surface area contributed by atoms with Crippen LogP contribution in [0.2, 0.25) is 0 Å². The van der Waals surface area contributed by atoms with Crippen molar-refractivity contribution in [2.24, 2.45) is 0 Å². The Morgan fingerprint density at radius 2 is 1.94 bits per heavy atom. The Morgan fingerprint density at radius 3 is 2.50 bits per heavy atom. The van der Waals surface area contributed by atoms with Crippen molar-refractivity contribution in [1.82, 2.24) is 4.31 Å². The number of rotatable bonds is 4. The van der Waals surface area contributed by atoms with Crippen LogP contribution in [0.4, 0.5) is 0 Å². The van der Waals surface area contributed by atoms with Gasteiger partial charge in [-0.1, -0.05) is 12.1 Å². The van der Waals surface area contributed by atoms with Crippen molar-refractivity contribution in [3.63, 3.8) is 0 Å². The first-order valence-electron chi connectivity index (χ1n) is 4.99. The van der Waals surface area contributed by atoms with E-state index >= 15 is 0 Å². The average molecular weight is 262 g/mol. The van der Waals surface area contributed by atoms with E-state index in [1.807, 2.05) is 19.1 Å². The quantitative estimate of drug-likeness (QED) is 0.779. The standard InChI is InChI=1S/C11H16ClNO2S/c1-9-4-5-10(2)11(8-9)16(14,15)13(3)7-6-12/h4-5,8H,6-7H2,1-3H3. The second-order valence-corrected chi connectivity index (χ2v) is 6.18. The zero-order valence-corrected chi connectivity index (χ0v) is 11.3. The van der Waals surface area contributed by atoms with Gasteiger partial charge in [0.05, 0.1) is 4.90 Å². The molecule has 0 aliphatic carbocycles. The molecule has 0 saturated heterocycles. The second-order valence-electron chi connectivity index (χ2n) is 3.78. The molecule has 90 valence electrons. The summed E-state index contributed by atoms with van der Waals surface area (Å²) < 4.78 is 25.6. The minimum Gasteiger partial charge on any atom is -0.207 e. The van der Waals surface area contributed by atoms with Crippen molar-refractivity contribution < 1.29 is 8.42 Å². The molecule has 0 amide bonds. The fraction of sp³-hybridized carbons (Fsp3) is 0.455. The van der Waals surface area contributed by atoms with Crippen LogP contribution >= 0.6 is 11.6 Å². The highest BCUT2D eigenvalue weighted by atomic mass is 35.5. The minimum atomic E-state index is -3.41. The molecule has 0 aliphatic rings. The summed E-state index contributed by atoms with van der Waals surface area (Å²) in [5.41, 5.74) is 1.69. The number of sulfonamides is 1. The molecule has 0 aromatic heterocycles. The third-order valence-corrected chi connectivity index (χ3v) is 4.60. The Balaban J connectivity index is 3.21. The SMILES string of the molecule is Cc1ccc(C)c(S(=O)(=O)N(C)CCCl)c1. The van der Waals surface area contributed by atoms with Crippen LogP contribution < -0.4 is 0 Å². The largest absolute Gasteiger partial charge is 0.243 e. The summed E-state index contributed by atoms with van der Waals surface area (Å²) in [5.74, 6) is 0.292. The van der Waals surface area contributed by atoms with Crippen LogP contribution in [0, 0.1) is 13.8 Å². The number of hydrogen-bond donors (Lipinski definition) is 0. The van der Waals surface area contributed by atoms with Gasteiger partial charge in [0.2, 0.25) is 10.0 Å². The molecular formula is C11H16ClNO2S. The second kappa shape index (κ2) is 5.17. The third kappa shape index (κ3) is 2.75.